The Bertz CT molecular complexity index is 607. The zero-order valence-electron chi connectivity index (χ0n) is 13.3. The largest absolute Gasteiger partial charge is 0.495 e. The molecule has 0 amide bonds. The van der Waals surface area contributed by atoms with Gasteiger partial charge in [0.05, 0.1) is 23.8 Å². The van der Waals surface area contributed by atoms with Crippen LogP contribution >= 0.6 is 15.9 Å². The second kappa shape index (κ2) is 9.20. The lowest BCUT2D eigenvalue weighted by molar-refractivity contribution is -0.104. The minimum Gasteiger partial charge on any atom is -0.495 e. The molecular formula is C17H21BrN2O2. The topological polar surface area (TPSA) is 41.9 Å². The van der Waals surface area contributed by atoms with E-state index in [4.69, 9.17) is 4.74 Å². The van der Waals surface area contributed by atoms with Crippen molar-refractivity contribution < 1.29 is 9.53 Å². The van der Waals surface area contributed by atoms with E-state index in [1.165, 1.54) is 6.08 Å². The molecule has 0 aliphatic heterocycles. The van der Waals surface area contributed by atoms with Gasteiger partial charge in [-0.2, -0.15) is 0 Å². The number of ether oxygens (including phenoxy) is 1. The molecule has 0 radical (unpaired) electrons. The van der Waals surface area contributed by atoms with Gasteiger partial charge in [0.15, 0.2) is 0 Å². The highest BCUT2D eigenvalue weighted by Crippen LogP contribution is 2.33. The Kier molecular flexibility index (Phi) is 7.60. The first-order valence-corrected chi connectivity index (χ1v) is 7.65. The van der Waals surface area contributed by atoms with Gasteiger partial charge < -0.3 is 9.64 Å². The normalized spacial score (nSPS) is 12.1. The number of carbonyl (C=O) groups is 1. The van der Waals surface area contributed by atoms with Crippen molar-refractivity contribution in [2.75, 3.05) is 32.6 Å². The van der Waals surface area contributed by atoms with Crippen LogP contribution in [0.3, 0.4) is 0 Å². The standard InChI is InChI=1S/C17H21BrN2O2/c1-5-7-14(19-2)12-20(3)16-11-17(22-4)15(18)10-13(16)8-6-9-21/h5-11H,12H2,1-4H3/b7-5-,8-6-,19-14?. The summed E-state index contributed by atoms with van der Waals surface area (Å²) in [6.45, 7) is 2.62. The Balaban J connectivity index is 3.24. The fourth-order valence-corrected chi connectivity index (χ4v) is 2.56. The summed E-state index contributed by atoms with van der Waals surface area (Å²) in [5.74, 6) is 0.742. The Morgan fingerprint density at radius 1 is 1.45 bits per heavy atom. The van der Waals surface area contributed by atoms with Crippen LogP contribution in [0.1, 0.15) is 12.5 Å². The molecule has 5 heteroatoms. The SMILES string of the molecule is C/C=C\C(CN(C)c1cc(OC)c(Br)cc1/C=C\C=O)=NC. The molecule has 22 heavy (non-hydrogen) atoms. The lowest BCUT2D eigenvalue weighted by Crippen LogP contribution is -2.25. The van der Waals surface area contributed by atoms with Crippen LogP contribution in [0.4, 0.5) is 5.69 Å². The summed E-state index contributed by atoms with van der Waals surface area (Å²) >= 11 is 3.47. The number of rotatable bonds is 7. The first kappa shape index (κ1) is 18.2. The number of benzene rings is 1. The molecule has 0 fully saturated rings. The highest BCUT2D eigenvalue weighted by atomic mass is 79.9. The zero-order chi connectivity index (χ0) is 16.5. The van der Waals surface area contributed by atoms with E-state index in [0.717, 1.165) is 33.5 Å². The molecule has 0 bridgehead atoms. The first-order valence-electron chi connectivity index (χ1n) is 6.86. The molecule has 0 atom stereocenters. The van der Waals surface area contributed by atoms with Crippen LogP contribution in [-0.2, 0) is 4.79 Å². The van der Waals surface area contributed by atoms with Crippen LogP contribution in [0.5, 0.6) is 5.75 Å². The quantitative estimate of drug-likeness (QED) is 0.420. The Morgan fingerprint density at radius 2 is 2.18 bits per heavy atom. The number of hydrogen-bond acceptors (Lipinski definition) is 4. The fourth-order valence-electron chi connectivity index (χ4n) is 2.04. The van der Waals surface area contributed by atoms with Crippen LogP contribution < -0.4 is 9.64 Å². The molecule has 1 aromatic carbocycles. The molecule has 0 saturated heterocycles. The highest BCUT2D eigenvalue weighted by molar-refractivity contribution is 9.10. The number of anilines is 1. The number of aliphatic imine (C=N–C) groups is 1. The predicted octanol–water partition coefficient (Wildman–Crippen LogP) is 3.75. The highest BCUT2D eigenvalue weighted by Gasteiger charge is 2.12. The molecule has 4 nitrogen and oxygen atoms in total. The minimum absolute atomic E-state index is 0.660. The Hall–Kier alpha value is -1.88. The smallest absolute Gasteiger partial charge is 0.142 e. The molecule has 0 saturated carbocycles. The van der Waals surface area contributed by atoms with E-state index in [9.17, 15) is 4.79 Å². The summed E-state index contributed by atoms with van der Waals surface area (Å²) in [6.07, 6.45) is 7.97. The summed E-state index contributed by atoms with van der Waals surface area (Å²) in [4.78, 5) is 17.0. The predicted molar refractivity (Wildman–Crippen MR) is 97.2 cm³/mol. The van der Waals surface area contributed by atoms with Crippen LogP contribution in [0.15, 0.2) is 39.8 Å². The van der Waals surface area contributed by atoms with Crippen molar-refractivity contribution in [3.05, 3.63) is 40.4 Å². The van der Waals surface area contributed by atoms with Gasteiger partial charge in [0, 0.05) is 25.8 Å². The summed E-state index contributed by atoms with van der Waals surface area (Å²) in [6, 6.07) is 3.88. The van der Waals surface area contributed by atoms with Gasteiger partial charge in [0.2, 0.25) is 0 Å². The number of halogens is 1. The molecule has 1 rings (SSSR count). The molecule has 0 aliphatic carbocycles. The lowest BCUT2D eigenvalue weighted by atomic mass is 10.1. The fraction of sp³-hybridized carbons (Fsp3) is 0.294. The number of aldehydes is 1. The maximum absolute atomic E-state index is 10.6. The van der Waals surface area contributed by atoms with Crippen LogP contribution in [0.25, 0.3) is 6.08 Å². The Labute approximate surface area is 140 Å². The van der Waals surface area contributed by atoms with Crippen molar-refractivity contribution >= 4 is 39.7 Å². The number of methoxy groups -OCH3 is 1. The zero-order valence-corrected chi connectivity index (χ0v) is 14.9. The van der Waals surface area contributed by atoms with Gasteiger partial charge in [-0.1, -0.05) is 6.08 Å². The number of carbonyl (C=O) groups excluding carboxylic acids is 1. The van der Waals surface area contributed by atoms with Gasteiger partial charge in [0.25, 0.3) is 0 Å². The number of hydrogen-bond donors (Lipinski definition) is 0. The van der Waals surface area contributed by atoms with Crippen molar-refractivity contribution in [1.82, 2.24) is 0 Å². The van der Waals surface area contributed by atoms with E-state index in [1.54, 1.807) is 20.2 Å². The molecule has 0 aromatic heterocycles. The maximum atomic E-state index is 10.6. The second-order valence-electron chi connectivity index (χ2n) is 4.61. The molecule has 0 N–H and O–H groups in total. The summed E-state index contributed by atoms with van der Waals surface area (Å²) in [5.41, 5.74) is 2.86. The maximum Gasteiger partial charge on any atom is 0.142 e. The van der Waals surface area contributed by atoms with Gasteiger partial charge in [-0.05, 0) is 52.7 Å². The second-order valence-corrected chi connectivity index (χ2v) is 5.47. The molecule has 0 heterocycles. The monoisotopic (exact) mass is 364 g/mol. The molecule has 0 spiro atoms. The molecule has 0 aliphatic rings. The van der Waals surface area contributed by atoms with Crippen LogP contribution in [0.2, 0.25) is 0 Å². The third-order valence-electron chi connectivity index (χ3n) is 3.11. The minimum atomic E-state index is 0.660. The van der Waals surface area contributed by atoms with Crippen molar-refractivity contribution in [3.63, 3.8) is 0 Å². The first-order chi connectivity index (χ1) is 10.6. The summed E-state index contributed by atoms with van der Waals surface area (Å²) < 4.78 is 6.21. The van der Waals surface area contributed by atoms with Gasteiger partial charge in [0.1, 0.15) is 12.0 Å². The number of allylic oxidation sites excluding steroid dienone is 2. The van der Waals surface area contributed by atoms with Crippen molar-refractivity contribution in [3.8, 4) is 5.75 Å². The van der Waals surface area contributed by atoms with Crippen molar-refractivity contribution in [2.45, 2.75) is 6.92 Å². The third kappa shape index (κ3) is 4.84. The molecular weight excluding hydrogens is 344 g/mol. The van der Waals surface area contributed by atoms with E-state index in [1.807, 2.05) is 38.3 Å². The Morgan fingerprint density at radius 3 is 2.73 bits per heavy atom. The summed E-state index contributed by atoms with van der Waals surface area (Å²) in [7, 11) is 5.39. The van der Waals surface area contributed by atoms with Crippen LogP contribution in [-0.4, -0.2) is 39.7 Å². The number of nitrogens with zero attached hydrogens (tertiary/aromatic N) is 2. The van der Waals surface area contributed by atoms with Gasteiger partial charge in [-0.25, -0.2) is 0 Å². The van der Waals surface area contributed by atoms with E-state index in [2.05, 4.69) is 25.8 Å². The molecule has 118 valence electrons. The van der Waals surface area contributed by atoms with E-state index in [-0.39, 0.29) is 0 Å². The van der Waals surface area contributed by atoms with Crippen molar-refractivity contribution in [1.29, 1.82) is 0 Å². The van der Waals surface area contributed by atoms with E-state index >= 15 is 0 Å². The van der Waals surface area contributed by atoms with Crippen LogP contribution in [0, 0.1) is 0 Å². The average Bonchev–Trinajstić information content (AvgIpc) is 2.52. The van der Waals surface area contributed by atoms with E-state index < -0.39 is 0 Å². The molecule has 1 aromatic rings. The lowest BCUT2D eigenvalue weighted by Gasteiger charge is -2.23. The third-order valence-corrected chi connectivity index (χ3v) is 3.73. The molecule has 0 unspecified atom stereocenters. The van der Waals surface area contributed by atoms with Gasteiger partial charge in [-0.3, -0.25) is 9.79 Å². The van der Waals surface area contributed by atoms with E-state index in [0.29, 0.717) is 6.54 Å². The van der Waals surface area contributed by atoms with Crippen molar-refractivity contribution in [2.24, 2.45) is 4.99 Å². The summed E-state index contributed by atoms with van der Waals surface area (Å²) in [5, 5.41) is 0. The van der Waals surface area contributed by atoms with Gasteiger partial charge >= 0.3 is 0 Å². The average molecular weight is 365 g/mol. The van der Waals surface area contributed by atoms with Gasteiger partial charge in [-0.15, -0.1) is 0 Å².